The van der Waals surface area contributed by atoms with E-state index in [1.54, 1.807) is 12.1 Å². The number of nitrogens with zero attached hydrogens (tertiary/aromatic N) is 1. The first-order valence-electron chi connectivity index (χ1n) is 4.14. The van der Waals surface area contributed by atoms with Crippen LogP contribution in [0.25, 0.3) is 0 Å². The highest BCUT2D eigenvalue weighted by atomic mass is 35.5. The molecule has 0 aliphatic rings. The molecule has 4 heteroatoms. The normalized spacial score (nSPS) is 11.3. The topological polar surface area (TPSA) is 49.8 Å². The minimum absolute atomic E-state index is 0. The van der Waals surface area contributed by atoms with Gasteiger partial charge in [0.1, 0.15) is 11.9 Å². The molecule has 0 bridgehead atoms. The monoisotopic (exact) mass is 214 g/mol. The fourth-order valence-electron chi connectivity index (χ4n) is 1.09. The molecular weight excluding hydrogens is 203 g/mol. The smallest absolute Gasteiger partial charge is 0.140 e. The average Bonchev–Trinajstić information content (AvgIpc) is 2.17. The molecule has 1 aromatic carbocycles. The molecule has 0 fully saturated rings. The molecule has 0 aromatic heterocycles. The molecule has 1 rings (SSSR count). The van der Waals surface area contributed by atoms with E-state index in [0.717, 1.165) is 12.0 Å². The summed E-state index contributed by atoms with van der Waals surface area (Å²) in [5.74, 6) is -0.491. The Hall–Kier alpha value is -1.11. The van der Waals surface area contributed by atoms with Crippen molar-refractivity contribution in [3.8, 4) is 6.07 Å². The van der Waals surface area contributed by atoms with Crippen molar-refractivity contribution in [3.05, 3.63) is 35.1 Å². The van der Waals surface area contributed by atoms with Crippen molar-refractivity contribution in [1.82, 2.24) is 0 Å². The van der Waals surface area contributed by atoms with Crippen molar-refractivity contribution < 1.29 is 4.39 Å². The lowest BCUT2D eigenvalue weighted by Gasteiger charge is -2.08. The summed E-state index contributed by atoms with van der Waals surface area (Å²) in [4.78, 5) is 0. The van der Waals surface area contributed by atoms with Crippen LogP contribution in [0.4, 0.5) is 4.39 Å². The second-order valence-electron chi connectivity index (χ2n) is 2.87. The Kier molecular flexibility index (Phi) is 5.14. The van der Waals surface area contributed by atoms with Crippen LogP contribution in [0.3, 0.4) is 0 Å². The van der Waals surface area contributed by atoms with Crippen LogP contribution in [-0.2, 0) is 0 Å². The van der Waals surface area contributed by atoms with Gasteiger partial charge in [0.05, 0.1) is 5.56 Å². The van der Waals surface area contributed by atoms with Crippen molar-refractivity contribution in [2.75, 3.05) is 0 Å². The van der Waals surface area contributed by atoms with Gasteiger partial charge in [-0.05, 0) is 24.1 Å². The lowest BCUT2D eigenvalue weighted by molar-refractivity contribution is 0.619. The molecule has 0 heterocycles. The van der Waals surface area contributed by atoms with Gasteiger partial charge in [0.2, 0.25) is 0 Å². The van der Waals surface area contributed by atoms with Gasteiger partial charge < -0.3 is 5.73 Å². The summed E-state index contributed by atoms with van der Waals surface area (Å²) in [5, 5.41) is 8.57. The van der Waals surface area contributed by atoms with Crippen LogP contribution in [0.15, 0.2) is 18.2 Å². The first-order chi connectivity index (χ1) is 6.19. The van der Waals surface area contributed by atoms with Crippen LogP contribution in [0.5, 0.6) is 0 Å². The van der Waals surface area contributed by atoms with Gasteiger partial charge >= 0.3 is 0 Å². The molecule has 0 aliphatic heterocycles. The van der Waals surface area contributed by atoms with E-state index in [9.17, 15) is 4.39 Å². The molecule has 2 N–H and O–H groups in total. The van der Waals surface area contributed by atoms with Gasteiger partial charge in [-0.2, -0.15) is 5.26 Å². The maximum Gasteiger partial charge on any atom is 0.140 e. The van der Waals surface area contributed by atoms with Crippen molar-refractivity contribution in [3.63, 3.8) is 0 Å². The van der Waals surface area contributed by atoms with E-state index in [1.165, 1.54) is 12.1 Å². The summed E-state index contributed by atoms with van der Waals surface area (Å²) in [5.41, 5.74) is 6.60. The fraction of sp³-hybridized carbons (Fsp3) is 0.300. The standard InChI is InChI=1S/C10H11FN2.ClH/c1-2-10(13)7-3-4-9(11)8(5-7)6-12;/h3-5,10H,2,13H2,1H3;1H/t10-;/m0./s1. The highest BCUT2D eigenvalue weighted by Gasteiger charge is 2.07. The Morgan fingerprint density at radius 2 is 2.21 bits per heavy atom. The maximum atomic E-state index is 12.9. The predicted octanol–water partition coefficient (Wildman–Crippen LogP) is 2.53. The average molecular weight is 215 g/mol. The molecule has 0 radical (unpaired) electrons. The number of hydrogen-bond donors (Lipinski definition) is 1. The third-order valence-corrected chi connectivity index (χ3v) is 1.98. The van der Waals surface area contributed by atoms with Gasteiger partial charge in [0.25, 0.3) is 0 Å². The number of benzene rings is 1. The largest absolute Gasteiger partial charge is 0.324 e. The number of hydrogen-bond acceptors (Lipinski definition) is 2. The second-order valence-corrected chi connectivity index (χ2v) is 2.87. The van der Waals surface area contributed by atoms with Gasteiger partial charge in [-0.25, -0.2) is 4.39 Å². The quantitative estimate of drug-likeness (QED) is 0.823. The van der Waals surface area contributed by atoms with Gasteiger partial charge in [-0.3, -0.25) is 0 Å². The molecule has 0 saturated heterocycles. The van der Waals surface area contributed by atoms with E-state index in [0.29, 0.717) is 0 Å². The van der Waals surface area contributed by atoms with Crippen molar-refractivity contribution in [1.29, 1.82) is 5.26 Å². The van der Waals surface area contributed by atoms with E-state index in [-0.39, 0.29) is 24.0 Å². The zero-order valence-corrected chi connectivity index (χ0v) is 8.64. The SMILES string of the molecule is CC[C@H](N)c1ccc(F)c(C#N)c1.Cl. The highest BCUT2D eigenvalue weighted by Crippen LogP contribution is 2.16. The molecule has 0 saturated carbocycles. The minimum atomic E-state index is -0.491. The lowest BCUT2D eigenvalue weighted by atomic mass is 10.0. The Morgan fingerprint density at radius 1 is 1.57 bits per heavy atom. The Labute approximate surface area is 88.9 Å². The molecule has 0 amide bonds. The van der Waals surface area contributed by atoms with Gasteiger partial charge in [0.15, 0.2) is 0 Å². The first kappa shape index (κ1) is 12.9. The summed E-state index contributed by atoms with van der Waals surface area (Å²) >= 11 is 0. The van der Waals surface area contributed by atoms with E-state index >= 15 is 0 Å². The number of halogens is 2. The van der Waals surface area contributed by atoms with E-state index in [2.05, 4.69) is 0 Å². The Bertz CT molecular complexity index is 346. The molecule has 0 aliphatic carbocycles. The molecule has 14 heavy (non-hydrogen) atoms. The van der Waals surface area contributed by atoms with Crippen LogP contribution in [0.1, 0.15) is 30.5 Å². The van der Waals surface area contributed by atoms with Crippen LogP contribution >= 0.6 is 12.4 Å². The maximum absolute atomic E-state index is 12.9. The van der Waals surface area contributed by atoms with Crippen LogP contribution < -0.4 is 5.73 Å². The van der Waals surface area contributed by atoms with Gasteiger partial charge in [0, 0.05) is 6.04 Å². The molecule has 2 nitrogen and oxygen atoms in total. The third kappa shape index (κ3) is 2.69. The Morgan fingerprint density at radius 3 is 2.71 bits per heavy atom. The summed E-state index contributed by atoms with van der Waals surface area (Å²) in [7, 11) is 0. The second kappa shape index (κ2) is 5.58. The third-order valence-electron chi connectivity index (χ3n) is 1.98. The first-order valence-corrected chi connectivity index (χ1v) is 4.14. The molecule has 76 valence electrons. The van der Waals surface area contributed by atoms with Crippen LogP contribution in [0, 0.1) is 17.1 Å². The van der Waals surface area contributed by atoms with E-state index in [4.69, 9.17) is 11.0 Å². The fourth-order valence-corrected chi connectivity index (χ4v) is 1.09. The van der Waals surface area contributed by atoms with E-state index in [1.807, 2.05) is 6.92 Å². The molecule has 1 aromatic rings. The molecule has 0 unspecified atom stereocenters. The molecule has 1 atom stereocenters. The lowest BCUT2D eigenvalue weighted by Crippen LogP contribution is -2.08. The summed E-state index contributed by atoms with van der Waals surface area (Å²) in [6.45, 7) is 1.94. The number of nitriles is 1. The zero-order valence-electron chi connectivity index (χ0n) is 7.83. The number of rotatable bonds is 2. The summed E-state index contributed by atoms with van der Waals surface area (Å²) in [6.07, 6.45) is 0.774. The van der Waals surface area contributed by atoms with Crippen LogP contribution in [0.2, 0.25) is 0 Å². The zero-order chi connectivity index (χ0) is 9.84. The van der Waals surface area contributed by atoms with Crippen molar-refractivity contribution in [2.24, 2.45) is 5.73 Å². The highest BCUT2D eigenvalue weighted by molar-refractivity contribution is 5.85. The molecular formula is C10H12ClFN2. The summed E-state index contributed by atoms with van der Waals surface area (Å²) < 4.78 is 12.9. The predicted molar refractivity (Wildman–Crippen MR) is 55.6 cm³/mol. The summed E-state index contributed by atoms with van der Waals surface area (Å²) in [6, 6.07) is 6.07. The van der Waals surface area contributed by atoms with Gasteiger partial charge in [-0.15, -0.1) is 12.4 Å². The van der Waals surface area contributed by atoms with Crippen LogP contribution in [-0.4, -0.2) is 0 Å². The van der Waals surface area contributed by atoms with Gasteiger partial charge in [-0.1, -0.05) is 13.0 Å². The molecule has 0 spiro atoms. The minimum Gasteiger partial charge on any atom is -0.324 e. The van der Waals surface area contributed by atoms with Crippen molar-refractivity contribution >= 4 is 12.4 Å². The van der Waals surface area contributed by atoms with E-state index < -0.39 is 5.82 Å². The Balaban J connectivity index is 0.00000169. The number of nitrogens with two attached hydrogens (primary N) is 1. The van der Waals surface area contributed by atoms with Crippen molar-refractivity contribution in [2.45, 2.75) is 19.4 Å².